The van der Waals surface area contributed by atoms with Gasteiger partial charge in [-0.2, -0.15) is 0 Å². The maximum Gasteiger partial charge on any atom is 0.339 e. The van der Waals surface area contributed by atoms with E-state index in [1.807, 2.05) is 0 Å². The van der Waals surface area contributed by atoms with Gasteiger partial charge >= 0.3 is 5.97 Å². The van der Waals surface area contributed by atoms with Crippen LogP contribution in [0.4, 0.5) is 11.4 Å². The predicted molar refractivity (Wildman–Crippen MR) is 95.5 cm³/mol. The molecule has 0 heterocycles. The van der Waals surface area contributed by atoms with Crippen LogP contribution in [0.3, 0.4) is 0 Å². The summed E-state index contributed by atoms with van der Waals surface area (Å²) < 4.78 is 16.6. The molecule has 8 nitrogen and oxygen atoms in total. The molecule has 0 spiro atoms. The van der Waals surface area contributed by atoms with Crippen LogP contribution in [0.15, 0.2) is 47.4 Å². The molecule has 0 bridgehead atoms. The number of hydrogen-bond acceptors (Lipinski definition) is 6. The van der Waals surface area contributed by atoms with Crippen LogP contribution in [0.5, 0.6) is 0 Å². The number of ether oxygens (including phenoxy) is 1. The molecule has 0 aliphatic heterocycles. The molecular formula is C17H16N2O6S. The van der Waals surface area contributed by atoms with Crippen LogP contribution in [0.2, 0.25) is 0 Å². The molecule has 2 aromatic rings. The second kappa shape index (κ2) is 8.34. The third-order valence-corrected chi connectivity index (χ3v) is 4.42. The van der Waals surface area contributed by atoms with E-state index in [0.717, 1.165) is 0 Å². The molecule has 0 aromatic heterocycles. The lowest BCUT2D eigenvalue weighted by atomic mass is 10.2. The molecule has 136 valence electrons. The Hall–Kier alpha value is -3.07. The fraction of sp³-hybridized carbons (Fsp3) is 0.176. The Labute approximate surface area is 151 Å². The van der Waals surface area contributed by atoms with Gasteiger partial charge in [0.1, 0.15) is 0 Å². The molecule has 0 aliphatic rings. The van der Waals surface area contributed by atoms with Gasteiger partial charge in [-0.15, -0.1) is 0 Å². The van der Waals surface area contributed by atoms with Crippen molar-refractivity contribution < 1.29 is 23.5 Å². The van der Waals surface area contributed by atoms with Crippen LogP contribution in [0.1, 0.15) is 15.9 Å². The number of aryl methyl sites for hydroxylation is 1. The van der Waals surface area contributed by atoms with Crippen LogP contribution >= 0.6 is 0 Å². The minimum atomic E-state index is -1.37. The molecular weight excluding hydrogens is 360 g/mol. The third kappa shape index (κ3) is 4.73. The van der Waals surface area contributed by atoms with Gasteiger partial charge in [-0.25, -0.2) is 4.79 Å². The van der Waals surface area contributed by atoms with E-state index in [9.17, 15) is 23.9 Å². The van der Waals surface area contributed by atoms with Gasteiger partial charge in [0.05, 0.1) is 26.2 Å². The minimum absolute atomic E-state index is 0.0869. The molecule has 9 heteroatoms. The second-order valence-corrected chi connectivity index (χ2v) is 6.68. The molecule has 0 radical (unpaired) electrons. The van der Waals surface area contributed by atoms with Crippen molar-refractivity contribution in [1.82, 2.24) is 0 Å². The Kier molecular flexibility index (Phi) is 6.18. The van der Waals surface area contributed by atoms with Gasteiger partial charge < -0.3 is 10.1 Å². The normalized spacial score (nSPS) is 11.5. The van der Waals surface area contributed by atoms with E-state index in [0.29, 0.717) is 16.1 Å². The van der Waals surface area contributed by atoms with E-state index in [4.69, 9.17) is 4.74 Å². The molecule has 0 fully saturated rings. The largest absolute Gasteiger partial charge is 0.452 e. The number of hydrogen-bond donors (Lipinski definition) is 1. The molecule has 26 heavy (non-hydrogen) atoms. The van der Waals surface area contributed by atoms with Gasteiger partial charge in [0.2, 0.25) is 0 Å². The summed E-state index contributed by atoms with van der Waals surface area (Å²) in [7, 11) is -1.37. The van der Waals surface area contributed by atoms with Gasteiger partial charge in [-0.1, -0.05) is 12.1 Å². The van der Waals surface area contributed by atoms with Gasteiger partial charge in [-0.3, -0.25) is 19.1 Å². The average Bonchev–Trinajstić information content (AvgIpc) is 2.61. The van der Waals surface area contributed by atoms with Crippen LogP contribution in [-0.2, 0) is 20.3 Å². The number of carbonyl (C=O) groups excluding carboxylic acids is 2. The van der Waals surface area contributed by atoms with Gasteiger partial charge in [0.25, 0.3) is 11.6 Å². The standard InChI is InChI=1S/C17H16N2O6S/c1-11-9-12(19(22)23)7-8-14(11)18-16(20)10-25-17(21)13-5-3-4-6-15(13)26(2)24/h3-9H,10H2,1-2H3,(H,18,20)/t26-/m0/s1. The Morgan fingerprint density at radius 2 is 1.92 bits per heavy atom. The fourth-order valence-corrected chi connectivity index (χ4v) is 2.91. The Morgan fingerprint density at radius 3 is 2.54 bits per heavy atom. The molecule has 0 saturated heterocycles. The van der Waals surface area contributed by atoms with Gasteiger partial charge in [0, 0.05) is 24.1 Å². The number of anilines is 1. The van der Waals surface area contributed by atoms with Crippen LogP contribution in [-0.4, -0.2) is 33.9 Å². The summed E-state index contributed by atoms with van der Waals surface area (Å²) in [6, 6.07) is 10.3. The summed E-state index contributed by atoms with van der Waals surface area (Å²) in [4.78, 5) is 34.6. The van der Waals surface area contributed by atoms with Crippen LogP contribution in [0.25, 0.3) is 0 Å². The van der Waals surface area contributed by atoms with Crippen LogP contribution < -0.4 is 5.32 Å². The fourth-order valence-electron chi connectivity index (χ4n) is 2.18. The van der Waals surface area contributed by atoms with E-state index in [1.54, 1.807) is 25.1 Å². The number of nitrogens with one attached hydrogen (secondary N) is 1. The summed E-state index contributed by atoms with van der Waals surface area (Å²) in [5, 5.41) is 13.2. The summed E-state index contributed by atoms with van der Waals surface area (Å²) in [6.45, 7) is 1.07. The molecule has 1 atom stereocenters. The Bertz CT molecular complexity index is 897. The van der Waals surface area contributed by atoms with E-state index >= 15 is 0 Å². The number of esters is 1. The number of benzene rings is 2. The lowest BCUT2D eigenvalue weighted by Gasteiger charge is -2.10. The highest BCUT2D eigenvalue weighted by atomic mass is 32.2. The first kappa shape index (κ1) is 19.3. The number of nitrogens with zero attached hydrogens (tertiary/aromatic N) is 1. The number of nitro groups is 1. The zero-order valence-electron chi connectivity index (χ0n) is 14.1. The topological polar surface area (TPSA) is 116 Å². The first-order chi connectivity index (χ1) is 12.3. The maximum atomic E-state index is 12.1. The van der Waals surface area contributed by atoms with Crippen molar-refractivity contribution in [2.45, 2.75) is 11.8 Å². The Balaban J connectivity index is 2.00. The molecule has 2 aromatic carbocycles. The number of carbonyl (C=O) groups is 2. The summed E-state index contributed by atoms with van der Waals surface area (Å²) in [5.74, 6) is -1.35. The molecule has 0 unspecified atom stereocenters. The van der Waals surface area contributed by atoms with Crippen molar-refractivity contribution in [3.63, 3.8) is 0 Å². The minimum Gasteiger partial charge on any atom is -0.452 e. The molecule has 0 aliphatic carbocycles. The zero-order chi connectivity index (χ0) is 19.3. The summed E-state index contributed by atoms with van der Waals surface area (Å²) >= 11 is 0. The van der Waals surface area contributed by atoms with Gasteiger partial charge in [-0.05, 0) is 30.7 Å². The second-order valence-electron chi connectivity index (χ2n) is 5.33. The highest BCUT2D eigenvalue weighted by Crippen LogP contribution is 2.21. The zero-order valence-corrected chi connectivity index (χ0v) is 14.9. The predicted octanol–water partition coefficient (Wildman–Crippen LogP) is 2.44. The SMILES string of the molecule is Cc1cc([N+](=O)[O-])ccc1NC(=O)COC(=O)c1ccccc1[S@](C)=O. The van der Waals surface area contributed by atoms with E-state index in [1.165, 1.54) is 30.5 Å². The smallest absolute Gasteiger partial charge is 0.339 e. The van der Waals surface area contributed by atoms with E-state index < -0.39 is 34.2 Å². The lowest BCUT2D eigenvalue weighted by molar-refractivity contribution is -0.384. The number of nitro benzene ring substituents is 1. The van der Waals surface area contributed by atoms with Crippen molar-refractivity contribution in [3.8, 4) is 0 Å². The first-order valence-corrected chi connectivity index (χ1v) is 9.00. The molecule has 1 N–H and O–H groups in total. The van der Waals surface area contributed by atoms with Crippen molar-refractivity contribution in [2.24, 2.45) is 0 Å². The molecule has 0 saturated carbocycles. The third-order valence-electron chi connectivity index (χ3n) is 3.45. The van der Waals surface area contributed by atoms with Crippen LogP contribution in [0, 0.1) is 17.0 Å². The summed E-state index contributed by atoms with van der Waals surface area (Å²) in [6.07, 6.45) is 1.44. The average molecular weight is 376 g/mol. The highest BCUT2D eigenvalue weighted by molar-refractivity contribution is 7.84. The van der Waals surface area contributed by atoms with Crippen molar-refractivity contribution >= 4 is 34.1 Å². The van der Waals surface area contributed by atoms with Crippen molar-refractivity contribution in [3.05, 3.63) is 63.7 Å². The summed E-state index contributed by atoms with van der Waals surface area (Å²) in [5.41, 5.74) is 0.932. The Morgan fingerprint density at radius 1 is 1.23 bits per heavy atom. The van der Waals surface area contributed by atoms with E-state index in [-0.39, 0.29) is 11.3 Å². The number of amides is 1. The van der Waals surface area contributed by atoms with Crippen molar-refractivity contribution in [1.29, 1.82) is 0 Å². The van der Waals surface area contributed by atoms with E-state index in [2.05, 4.69) is 5.32 Å². The van der Waals surface area contributed by atoms with Crippen molar-refractivity contribution in [2.75, 3.05) is 18.2 Å². The number of rotatable bonds is 6. The van der Waals surface area contributed by atoms with Gasteiger partial charge in [0.15, 0.2) is 6.61 Å². The highest BCUT2D eigenvalue weighted by Gasteiger charge is 2.16. The lowest BCUT2D eigenvalue weighted by Crippen LogP contribution is -2.22. The number of non-ortho nitro benzene ring substituents is 1. The molecule has 2 rings (SSSR count). The molecule has 1 amide bonds. The quantitative estimate of drug-likeness (QED) is 0.470. The first-order valence-electron chi connectivity index (χ1n) is 7.44. The monoisotopic (exact) mass is 376 g/mol. The maximum absolute atomic E-state index is 12.1.